The SMILES string of the molecule is C=C(CC)C1CC=C(CC/C=C(\C)CCC)CC1. The van der Waals surface area contributed by atoms with Crippen molar-refractivity contribution in [2.24, 2.45) is 5.92 Å². The van der Waals surface area contributed by atoms with Gasteiger partial charge in [0, 0.05) is 0 Å². The summed E-state index contributed by atoms with van der Waals surface area (Å²) in [6.07, 6.45) is 15.0. The maximum atomic E-state index is 4.19. The van der Waals surface area contributed by atoms with E-state index in [0.29, 0.717) is 0 Å². The van der Waals surface area contributed by atoms with Crippen LogP contribution in [0.4, 0.5) is 0 Å². The van der Waals surface area contributed by atoms with Gasteiger partial charge in [0.1, 0.15) is 0 Å². The summed E-state index contributed by atoms with van der Waals surface area (Å²) >= 11 is 0. The molecule has 102 valence electrons. The number of hydrogen-bond acceptors (Lipinski definition) is 0. The Labute approximate surface area is 114 Å². The molecule has 0 bridgehead atoms. The van der Waals surface area contributed by atoms with Crippen LogP contribution in [0.25, 0.3) is 0 Å². The summed E-state index contributed by atoms with van der Waals surface area (Å²) in [7, 11) is 0. The minimum atomic E-state index is 0.760. The van der Waals surface area contributed by atoms with Crippen LogP contribution in [0.3, 0.4) is 0 Å². The first kappa shape index (κ1) is 15.3. The lowest BCUT2D eigenvalue weighted by atomic mass is 9.83. The second-order valence-electron chi connectivity index (χ2n) is 5.68. The van der Waals surface area contributed by atoms with E-state index in [4.69, 9.17) is 0 Å². The van der Waals surface area contributed by atoms with Crippen molar-refractivity contribution >= 4 is 0 Å². The topological polar surface area (TPSA) is 0 Å². The van der Waals surface area contributed by atoms with Gasteiger partial charge >= 0.3 is 0 Å². The molecule has 0 aromatic carbocycles. The molecule has 0 spiro atoms. The quantitative estimate of drug-likeness (QED) is 0.469. The summed E-state index contributed by atoms with van der Waals surface area (Å²) in [5, 5.41) is 0. The maximum Gasteiger partial charge on any atom is -0.0168 e. The second-order valence-corrected chi connectivity index (χ2v) is 5.68. The number of rotatable bonds is 7. The van der Waals surface area contributed by atoms with E-state index in [1.54, 1.807) is 11.1 Å². The van der Waals surface area contributed by atoms with Gasteiger partial charge in [0.2, 0.25) is 0 Å². The average Bonchev–Trinajstić information content (AvgIpc) is 2.39. The molecule has 1 aliphatic rings. The van der Waals surface area contributed by atoms with Gasteiger partial charge in [-0.3, -0.25) is 0 Å². The molecule has 0 aromatic heterocycles. The van der Waals surface area contributed by atoms with Crippen LogP contribution in [0, 0.1) is 5.92 Å². The van der Waals surface area contributed by atoms with Crippen molar-refractivity contribution in [1.82, 2.24) is 0 Å². The number of allylic oxidation sites excluding steroid dienone is 5. The Hall–Kier alpha value is -0.780. The lowest BCUT2D eigenvalue weighted by Gasteiger charge is -2.23. The summed E-state index contributed by atoms with van der Waals surface area (Å²) in [6, 6.07) is 0. The largest absolute Gasteiger partial charge is 0.0996 e. The molecule has 0 N–H and O–H groups in total. The molecule has 18 heavy (non-hydrogen) atoms. The fraction of sp³-hybridized carbons (Fsp3) is 0.667. The monoisotopic (exact) mass is 246 g/mol. The lowest BCUT2D eigenvalue weighted by Crippen LogP contribution is -2.07. The summed E-state index contributed by atoms with van der Waals surface area (Å²) in [6.45, 7) is 10.9. The van der Waals surface area contributed by atoms with Crippen molar-refractivity contribution < 1.29 is 0 Å². The van der Waals surface area contributed by atoms with Crippen molar-refractivity contribution in [1.29, 1.82) is 0 Å². The van der Waals surface area contributed by atoms with E-state index >= 15 is 0 Å². The Bertz CT molecular complexity index is 317. The van der Waals surface area contributed by atoms with Crippen LogP contribution in [0.15, 0.2) is 35.5 Å². The molecule has 1 aliphatic carbocycles. The van der Waals surface area contributed by atoms with Crippen molar-refractivity contribution in [2.45, 2.75) is 72.1 Å². The van der Waals surface area contributed by atoms with E-state index in [0.717, 1.165) is 12.3 Å². The molecular weight excluding hydrogens is 216 g/mol. The normalized spacial score (nSPS) is 20.7. The van der Waals surface area contributed by atoms with E-state index in [2.05, 4.69) is 39.5 Å². The summed E-state index contributed by atoms with van der Waals surface area (Å²) in [5.74, 6) is 0.760. The summed E-state index contributed by atoms with van der Waals surface area (Å²) in [5.41, 5.74) is 4.69. The first-order valence-corrected chi connectivity index (χ1v) is 7.68. The van der Waals surface area contributed by atoms with Gasteiger partial charge in [-0.15, -0.1) is 0 Å². The van der Waals surface area contributed by atoms with Gasteiger partial charge in [-0.2, -0.15) is 0 Å². The van der Waals surface area contributed by atoms with Gasteiger partial charge in [-0.05, 0) is 57.8 Å². The highest BCUT2D eigenvalue weighted by atomic mass is 14.2. The number of hydrogen-bond donors (Lipinski definition) is 0. The fourth-order valence-electron chi connectivity index (χ4n) is 2.78. The molecule has 0 nitrogen and oxygen atoms in total. The molecule has 0 fully saturated rings. The van der Waals surface area contributed by atoms with Crippen LogP contribution in [0.5, 0.6) is 0 Å². The van der Waals surface area contributed by atoms with Crippen molar-refractivity contribution in [3.05, 3.63) is 35.5 Å². The van der Waals surface area contributed by atoms with E-state index in [1.807, 2.05) is 0 Å². The molecule has 0 heterocycles. The maximum absolute atomic E-state index is 4.19. The molecule has 1 atom stereocenters. The Morgan fingerprint density at radius 2 is 2.22 bits per heavy atom. The molecule has 0 saturated heterocycles. The Kier molecular flexibility index (Phi) is 7.08. The van der Waals surface area contributed by atoms with Gasteiger partial charge in [0.25, 0.3) is 0 Å². The van der Waals surface area contributed by atoms with Crippen molar-refractivity contribution in [3.63, 3.8) is 0 Å². The predicted molar refractivity (Wildman–Crippen MR) is 82.8 cm³/mol. The molecule has 1 unspecified atom stereocenters. The Balaban J connectivity index is 2.31. The van der Waals surface area contributed by atoms with Gasteiger partial charge in [-0.1, -0.05) is 55.7 Å². The van der Waals surface area contributed by atoms with Gasteiger partial charge in [-0.25, -0.2) is 0 Å². The van der Waals surface area contributed by atoms with Gasteiger partial charge in [0.05, 0.1) is 0 Å². The third-order valence-electron chi connectivity index (χ3n) is 4.14. The predicted octanol–water partition coefficient (Wildman–Crippen LogP) is 6.21. The molecule has 0 aromatic rings. The average molecular weight is 246 g/mol. The van der Waals surface area contributed by atoms with Crippen LogP contribution in [0.2, 0.25) is 0 Å². The fourth-order valence-corrected chi connectivity index (χ4v) is 2.78. The third kappa shape index (κ3) is 5.25. The van der Waals surface area contributed by atoms with Gasteiger partial charge < -0.3 is 0 Å². The van der Waals surface area contributed by atoms with Crippen LogP contribution < -0.4 is 0 Å². The van der Waals surface area contributed by atoms with Gasteiger partial charge in [0.15, 0.2) is 0 Å². The first-order valence-electron chi connectivity index (χ1n) is 7.68. The zero-order chi connectivity index (χ0) is 13.4. The molecule has 1 rings (SSSR count). The Morgan fingerprint density at radius 1 is 1.44 bits per heavy atom. The van der Waals surface area contributed by atoms with E-state index in [9.17, 15) is 0 Å². The zero-order valence-corrected chi connectivity index (χ0v) is 12.6. The highest BCUT2D eigenvalue weighted by molar-refractivity contribution is 5.14. The van der Waals surface area contributed by atoms with Crippen LogP contribution in [0.1, 0.15) is 72.1 Å². The highest BCUT2D eigenvalue weighted by Gasteiger charge is 2.15. The highest BCUT2D eigenvalue weighted by Crippen LogP contribution is 2.31. The van der Waals surface area contributed by atoms with Crippen molar-refractivity contribution in [2.75, 3.05) is 0 Å². The molecule has 0 aliphatic heterocycles. The molecule has 0 heteroatoms. The smallest absolute Gasteiger partial charge is 0.0168 e. The van der Waals surface area contributed by atoms with Crippen LogP contribution in [-0.4, -0.2) is 0 Å². The summed E-state index contributed by atoms with van der Waals surface area (Å²) in [4.78, 5) is 0. The zero-order valence-electron chi connectivity index (χ0n) is 12.6. The molecule has 0 saturated carbocycles. The lowest BCUT2D eigenvalue weighted by molar-refractivity contribution is 0.520. The first-order chi connectivity index (χ1) is 8.67. The molecular formula is C18H30. The Morgan fingerprint density at radius 3 is 2.78 bits per heavy atom. The molecule has 0 amide bonds. The van der Waals surface area contributed by atoms with E-state index in [-0.39, 0.29) is 0 Å². The van der Waals surface area contributed by atoms with Crippen molar-refractivity contribution in [3.8, 4) is 0 Å². The van der Waals surface area contributed by atoms with Crippen LogP contribution in [-0.2, 0) is 0 Å². The minimum Gasteiger partial charge on any atom is -0.0996 e. The van der Waals surface area contributed by atoms with E-state index < -0.39 is 0 Å². The van der Waals surface area contributed by atoms with Crippen LogP contribution >= 0.6 is 0 Å². The standard InChI is InChI=1S/C18H30/c1-5-8-15(3)9-7-10-17-11-13-18(14-12-17)16(4)6-2/h9,11,18H,4-8,10,12-14H2,1-3H3/b15-9+. The van der Waals surface area contributed by atoms with E-state index in [1.165, 1.54) is 50.5 Å². The summed E-state index contributed by atoms with van der Waals surface area (Å²) < 4.78 is 0. The third-order valence-corrected chi connectivity index (χ3v) is 4.14. The second kappa shape index (κ2) is 8.34. The minimum absolute atomic E-state index is 0.760. The molecule has 0 radical (unpaired) electrons.